The van der Waals surface area contributed by atoms with Crippen LogP contribution in [0.4, 0.5) is 4.39 Å². The van der Waals surface area contributed by atoms with E-state index in [2.05, 4.69) is 6.92 Å². The molecule has 0 bridgehead atoms. The highest BCUT2D eigenvalue weighted by Crippen LogP contribution is 2.23. The minimum Gasteiger partial charge on any atom is -0.338 e. The smallest absolute Gasteiger partial charge is 0.227 e. The molecule has 1 aliphatic rings. The summed E-state index contributed by atoms with van der Waals surface area (Å²) in [5.74, 6) is 0.0839. The first kappa shape index (κ1) is 16.9. The molecule has 1 fully saturated rings. The van der Waals surface area contributed by atoms with Gasteiger partial charge in [0.25, 0.3) is 0 Å². The van der Waals surface area contributed by atoms with Crippen LogP contribution in [0, 0.1) is 11.7 Å². The second-order valence-corrected chi connectivity index (χ2v) is 5.28. The summed E-state index contributed by atoms with van der Waals surface area (Å²) in [6.45, 7) is 3.34. The van der Waals surface area contributed by atoms with Gasteiger partial charge in [0.05, 0.1) is 6.42 Å². The molecule has 1 amide bonds. The summed E-state index contributed by atoms with van der Waals surface area (Å²) in [4.78, 5) is 14.2. The lowest BCUT2D eigenvalue weighted by Gasteiger charge is -2.39. The lowest BCUT2D eigenvalue weighted by atomic mass is 9.90. The van der Waals surface area contributed by atoms with E-state index in [1.54, 1.807) is 18.2 Å². The molecular formula is C15H22ClFN2O. The van der Waals surface area contributed by atoms with E-state index in [9.17, 15) is 9.18 Å². The summed E-state index contributed by atoms with van der Waals surface area (Å²) in [6, 6.07) is 6.54. The third-order valence-electron chi connectivity index (χ3n) is 3.98. The summed E-state index contributed by atoms with van der Waals surface area (Å²) < 4.78 is 13.6. The standard InChI is InChI=1S/C15H21FN2O.ClH/c1-11-5-4-8-18(14(11)10-17)15(19)9-12-6-2-3-7-13(12)16;/h2-3,6-7,11,14H,4-5,8-10,17H2,1H3;1H. The number of likely N-dealkylation sites (tertiary alicyclic amines) is 1. The van der Waals surface area contributed by atoms with Crippen molar-refractivity contribution in [1.29, 1.82) is 0 Å². The maximum Gasteiger partial charge on any atom is 0.227 e. The minimum atomic E-state index is -0.315. The Balaban J connectivity index is 0.00000200. The maximum absolute atomic E-state index is 13.6. The molecule has 1 saturated heterocycles. The summed E-state index contributed by atoms with van der Waals surface area (Å²) >= 11 is 0. The Morgan fingerprint density at radius 3 is 2.80 bits per heavy atom. The van der Waals surface area contributed by atoms with Crippen LogP contribution in [0.25, 0.3) is 0 Å². The molecular weight excluding hydrogens is 279 g/mol. The van der Waals surface area contributed by atoms with Gasteiger partial charge in [0.15, 0.2) is 0 Å². The van der Waals surface area contributed by atoms with Gasteiger partial charge in [-0.3, -0.25) is 4.79 Å². The van der Waals surface area contributed by atoms with Crippen molar-refractivity contribution in [2.24, 2.45) is 11.7 Å². The average molecular weight is 301 g/mol. The summed E-state index contributed by atoms with van der Waals surface area (Å²) in [5.41, 5.74) is 6.24. The molecule has 20 heavy (non-hydrogen) atoms. The number of halogens is 2. The van der Waals surface area contributed by atoms with E-state index >= 15 is 0 Å². The van der Waals surface area contributed by atoms with E-state index in [0.29, 0.717) is 18.0 Å². The number of nitrogens with two attached hydrogens (primary N) is 1. The van der Waals surface area contributed by atoms with Crippen molar-refractivity contribution in [3.8, 4) is 0 Å². The van der Waals surface area contributed by atoms with Crippen LogP contribution in [0.15, 0.2) is 24.3 Å². The zero-order chi connectivity index (χ0) is 13.8. The number of hydrogen-bond acceptors (Lipinski definition) is 2. The van der Waals surface area contributed by atoms with Crippen LogP contribution >= 0.6 is 12.4 Å². The molecule has 1 aromatic carbocycles. The van der Waals surface area contributed by atoms with Gasteiger partial charge in [-0.1, -0.05) is 25.1 Å². The van der Waals surface area contributed by atoms with E-state index in [-0.39, 0.29) is 36.6 Å². The monoisotopic (exact) mass is 300 g/mol. The highest BCUT2D eigenvalue weighted by molar-refractivity contribution is 5.85. The fourth-order valence-electron chi connectivity index (χ4n) is 2.82. The molecule has 0 radical (unpaired) electrons. The van der Waals surface area contributed by atoms with Crippen molar-refractivity contribution >= 4 is 18.3 Å². The topological polar surface area (TPSA) is 46.3 Å². The van der Waals surface area contributed by atoms with Crippen molar-refractivity contribution in [3.63, 3.8) is 0 Å². The van der Waals surface area contributed by atoms with Gasteiger partial charge in [0, 0.05) is 19.1 Å². The molecule has 0 spiro atoms. The van der Waals surface area contributed by atoms with Gasteiger partial charge in [-0.15, -0.1) is 12.4 Å². The number of carbonyl (C=O) groups excluding carboxylic acids is 1. The van der Waals surface area contributed by atoms with Crippen LogP contribution in [0.5, 0.6) is 0 Å². The molecule has 0 aliphatic carbocycles. The van der Waals surface area contributed by atoms with E-state index in [1.165, 1.54) is 6.07 Å². The first-order valence-corrected chi connectivity index (χ1v) is 6.86. The number of carbonyl (C=O) groups is 1. The Bertz CT molecular complexity index is 455. The van der Waals surface area contributed by atoms with Gasteiger partial charge in [0.2, 0.25) is 5.91 Å². The van der Waals surface area contributed by atoms with Crippen LogP contribution in [0.1, 0.15) is 25.3 Å². The lowest BCUT2D eigenvalue weighted by Crippen LogP contribution is -2.51. The molecule has 3 nitrogen and oxygen atoms in total. The van der Waals surface area contributed by atoms with Crippen molar-refractivity contribution in [2.45, 2.75) is 32.2 Å². The first-order valence-electron chi connectivity index (χ1n) is 6.86. The third kappa shape index (κ3) is 3.70. The molecule has 2 unspecified atom stereocenters. The Morgan fingerprint density at radius 2 is 2.15 bits per heavy atom. The van der Waals surface area contributed by atoms with Crippen molar-refractivity contribution in [2.75, 3.05) is 13.1 Å². The summed E-state index contributed by atoms with van der Waals surface area (Å²) in [7, 11) is 0. The van der Waals surface area contributed by atoms with E-state index in [1.807, 2.05) is 4.90 Å². The van der Waals surface area contributed by atoms with Crippen LogP contribution in [-0.4, -0.2) is 29.9 Å². The van der Waals surface area contributed by atoms with Gasteiger partial charge >= 0.3 is 0 Å². The number of hydrogen-bond donors (Lipinski definition) is 1. The van der Waals surface area contributed by atoms with Crippen LogP contribution in [0.2, 0.25) is 0 Å². The van der Waals surface area contributed by atoms with E-state index in [4.69, 9.17) is 5.73 Å². The van der Waals surface area contributed by atoms with Crippen molar-refractivity contribution in [1.82, 2.24) is 4.90 Å². The first-order chi connectivity index (χ1) is 9.13. The van der Waals surface area contributed by atoms with E-state index in [0.717, 1.165) is 19.4 Å². The predicted octanol–water partition coefficient (Wildman–Crippen LogP) is 2.38. The molecule has 1 aliphatic heterocycles. The molecule has 1 aromatic rings. The van der Waals surface area contributed by atoms with Crippen LogP contribution in [0.3, 0.4) is 0 Å². The molecule has 2 N–H and O–H groups in total. The number of nitrogens with zero attached hydrogens (tertiary/aromatic N) is 1. The van der Waals surface area contributed by atoms with Crippen molar-refractivity contribution < 1.29 is 9.18 Å². The minimum absolute atomic E-state index is 0. The largest absolute Gasteiger partial charge is 0.338 e. The quantitative estimate of drug-likeness (QED) is 0.931. The molecule has 2 atom stereocenters. The molecule has 112 valence electrons. The van der Waals surface area contributed by atoms with Gasteiger partial charge in [0.1, 0.15) is 5.82 Å². The normalized spacial score (nSPS) is 22.2. The zero-order valence-corrected chi connectivity index (χ0v) is 12.5. The zero-order valence-electron chi connectivity index (χ0n) is 11.7. The van der Waals surface area contributed by atoms with Crippen LogP contribution < -0.4 is 5.73 Å². The van der Waals surface area contributed by atoms with Gasteiger partial charge in [-0.25, -0.2) is 4.39 Å². The average Bonchev–Trinajstić information content (AvgIpc) is 2.41. The van der Waals surface area contributed by atoms with E-state index < -0.39 is 0 Å². The molecule has 0 saturated carbocycles. The lowest BCUT2D eigenvalue weighted by molar-refractivity contribution is -0.135. The third-order valence-corrected chi connectivity index (χ3v) is 3.98. The van der Waals surface area contributed by atoms with Gasteiger partial charge < -0.3 is 10.6 Å². The molecule has 2 rings (SSSR count). The number of piperidine rings is 1. The highest BCUT2D eigenvalue weighted by Gasteiger charge is 2.30. The molecule has 1 heterocycles. The molecule has 5 heteroatoms. The van der Waals surface area contributed by atoms with Gasteiger partial charge in [-0.2, -0.15) is 0 Å². The highest BCUT2D eigenvalue weighted by atomic mass is 35.5. The fourth-order valence-corrected chi connectivity index (χ4v) is 2.82. The van der Waals surface area contributed by atoms with Gasteiger partial charge in [-0.05, 0) is 30.4 Å². The Morgan fingerprint density at radius 1 is 1.45 bits per heavy atom. The number of benzene rings is 1. The van der Waals surface area contributed by atoms with Crippen molar-refractivity contribution in [3.05, 3.63) is 35.6 Å². The number of rotatable bonds is 3. The fraction of sp³-hybridized carbons (Fsp3) is 0.533. The second-order valence-electron chi connectivity index (χ2n) is 5.28. The number of amides is 1. The summed E-state index contributed by atoms with van der Waals surface area (Å²) in [5, 5.41) is 0. The van der Waals surface area contributed by atoms with Crippen LogP contribution in [-0.2, 0) is 11.2 Å². The second kappa shape index (κ2) is 7.60. The molecule has 0 aromatic heterocycles. The Labute approximate surface area is 125 Å². The SMILES string of the molecule is CC1CCCN(C(=O)Cc2ccccc2F)C1CN.Cl. The Hall–Kier alpha value is -1.13. The summed E-state index contributed by atoms with van der Waals surface area (Å²) in [6.07, 6.45) is 2.22. The predicted molar refractivity (Wildman–Crippen MR) is 80.3 cm³/mol. The Kier molecular flexibility index (Phi) is 6.43. The maximum atomic E-state index is 13.6.